The molecule has 0 amide bonds. The summed E-state index contributed by atoms with van der Waals surface area (Å²) in [6, 6.07) is 5.52. The topological polar surface area (TPSA) is 44.8 Å². The number of carbonyl (C=O) groups excluding carboxylic acids is 1. The van der Waals surface area contributed by atoms with E-state index in [1.165, 1.54) is 0 Å². The van der Waals surface area contributed by atoms with E-state index in [4.69, 9.17) is 14.2 Å². The van der Waals surface area contributed by atoms with Gasteiger partial charge in [0.15, 0.2) is 11.5 Å². The average molecular weight is 234 g/mol. The molecule has 0 atom stereocenters. The van der Waals surface area contributed by atoms with Gasteiger partial charge in [0.05, 0.1) is 20.8 Å². The first-order chi connectivity index (χ1) is 8.24. The Balaban J connectivity index is 2.31. The van der Waals surface area contributed by atoms with E-state index in [0.717, 1.165) is 5.56 Å². The first-order valence-electron chi connectivity index (χ1n) is 5.34. The summed E-state index contributed by atoms with van der Waals surface area (Å²) in [5.74, 6) is 1.08. The lowest BCUT2D eigenvalue weighted by Crippen LogP contribution is -1.95. The summed E-state index contributed by atoms with van der Waals surface area (Å²) in [4.78, 5) is 11.3. The van der Waals surface area contributed by atoms with Gasteiger partial charge in [0, 0.05) is 12.0 Å². The fourth-order valence-corrected chi connectivity index (χ4v) is 1.72. The summed E-state index contributed by atoms with van der Waals surface area (Å²) in [6.07, 6.45) is 2.48. The summed E-state index contributed by atoms with van der Waals surface area (Å²) in [7, 11) is 3.17. The van der Waals surface area contributed by atoms with Crippen molar-refractivity contribution in [3.8, 4) is 11.5 Å². The highest BCUT2D eigenvalue weighted by Crippen LogP contribution is 2.29. The molecule has 1 aliphatic rings. The van der Waals surface area contributed by atoms with Gasteiger partial charge in [-0.3, -0.25) is 0 Å². The van der Waals surface area contributed by atoms with Crippen LogP contribution in [0.3, 0.4) is 0 Å². The van der Waals surface area contributed by atoms with Crippen molar-refractivity contribution in [2.24, 2.45) is 0 Å². The van der Waals surface area contributed by atoms with E-state index in [1.54, 1.807) is 14.2 Å². The Morgan fingerprint density at radius 3 is 2.59 bits per heavy atom. The predicted molar refractivity (Wildman–Crippen MR) is 63.1 cm³/mol. The number of cyclic esters (lactones) is 1. The SMILES string of the molecule is COc1ccc(/C=C2\CCOC2=O)cc1OC. The smallest absolute Gasteiger partial charge is 0.334 e. The number of rotatable bonds is 3. The van der Waals surface area contributed by atoms with Crippen LogP contribution in [0.15, 0.2) is 23.8 Å². The molecule has 1 aromatic carbocycles. The van der Waals surface area contributed by atoms with E-state index >= 15 is 0 Å². The van der Waals surface area contributed by atoms with Gasteiger partial charge in [-0.1, -0.05) is 6.07 Å². The Bertz CT molecular complexity index is 462. The Hall–Kier alpha value is -1.97. The molecular formula is C13H14O4. The Kier molecular flexibility index (Phi) is 3.32. The lowest BCUT2D eigenvalue weighted by molar-refractivity contribution is -0.134. The second kappa shape index (κ2) is 4.91. The highest BCUT2D eigenvalue weighted by Gasteiger charge is 2.18. The second-order valence-corrected chi connectivity index (χ2v) is 3.67. The van der Waals surface area contributed by atoms with E-state index in [9.17, 15) is 4.79 Å². The van der Waals surface area contributed by atoms with Crippen LogP contribution >= 0.6 is 0 Å². The van der Waals surface area contributed by atoms with E-state index in [0.29, 0.717) is 30.1 Å². The van der Waals surface area contributed by atoms with Crippen molar-refractivity contribution in [1.82, 2.24) is 0 Å². The van der Waals surface area contributed by atoms with E-state index in [2.05, 4.69) is 0 Å². The second-order valence-electron chi connectivity index (χ2n) is 3.67. The van der Waals surface area contributed by atoms with Crippen molar-refractivity contribution in [3.05, 3.63) is 29.3 Å². The third-order valence-corrected chi connectivity index (χ3v) is 2.62. The molecule has 1 saturated heterocycles. The van der Waals surface area contributed by atoms with Crippen LogP contribution in [0, 0.1) is 0 Å². The van der Waals surface area contributed by atoms with E-state index in [-0.39, 0.29) is 5.97 Å². The first kappa shape index (κ1) is 11.5. The van der Waals surface area contributed by atoms with E-state index in [1.807, 2.05) is 24.3 Å². The Morgan fingerprint density at radius 2 is 2.00 bits per heavy atom. The van der Waals surface area contributed by atoms with Gasteiger partial charge in [-0.2, -0.15) is 0 Å². The van der Waals surface area contributed by atoms with Gasteiger partial charge in [0.1, 0.15) is 0 Å². The van der Waals surface area contributed by atoms with E-state index < -0.39 is 0 Å². The maximum Gasteiger partial charge on any atom is 0.334 e. The predicted octanol–water partition coefficient (Wildman–Crippen LogP) is 2.03. The maximum atomic E-state index is 11.3. The van der Waals surface area contributed by atoms with Crippen LogP contribution in [0.1, 0.15) is 12.0 Å². The first-order valence-corrected chi connectivity index (χ1v) is 5.34. The molecule has 17 heavy (non-hydrogen) atoms. The van der Waals surface area contributed by atoms with Crippen LogP contribution in [-0.2, 0) is 9.53 Å². The molecule has 0 spiro atoms. The zero-order valence-corrected chi connectivity index (χ0v) is 9.86. The summed E-state index contributed by atoms with van der Waals surface area (Å²) in [5, 5.41) is 0. The molecule has 0 aliphatic carbocycles. The molecule has 1 aromatic rings. The highest BCUT2D eigenvalue weighted by atomic mass is 16.5. The minimum Gasteiger partial charge on any atom is -0.493 e. The molecule has 4 heteroatoms. The van der Waals surface area contributed by atoms with Gasteiger partial charge in [-0.15, -0.1) is 0 Å². The molecular weight excluding hydrogens is 220 g/mol. The number of ether oxygens (including phenoxy) is 3. The fraction of sp³-hybridized carbons (Fsp3) is 0.308. The van der Waals surface area contributed by atoms with Crippen molar-refractivity contribution >= 4 is 12.0 Å². The molecule has 0 N–H and O–H groups in total. The van der Waals surface area contributed by atoms with Crippen molar-refractivity contribution < 1.29 is 19.0 Å². The van der Waals surface area contributed by atoms with Crippen LogP contribution in [0.2, 0.25) is 0 Å². The molecule has 0 unspecified atom stereocenters. The Labute approximate surface area is 99.8 Å². The maximum absolute atomic E-state index is 11.3. The van der Waals surface area contributed by atoms with Crippen LogP contribution in [0.4, 0.5) is 0 Å². The van der Waals surface area contributed by atoms with Crippen molar-refractivity contribution in [2.75, 3.05) is 20.8 Å². The molecule has 1 heterocycles. The minimum absolute atomic E-state index is 0.236. The van der Waals surface area contributed by atoms with Gasteiger partial charge >= 0.3 is 5.97 Å². The number of esters is 1. The minimum atomic E-state index is -0.236. The monoisotopic (exact) mass is 234 g/mol. The van der Waals surface area contributed by atoms with Crippen molar-refractivity contribution in [1.29, 1.82) is 0 Å². The summed E-state index contributed by atoms with van der Waals surface area (Å²) < 4.78 is 15.2. The highest BCUT2D eigenvalue weighted by molar-refractivity contribution is 5.95. The lowest BCUT2D eigenvalue weighted by Gasteiger charge is -2.07. The number of carbonyl (C=O) groups is 1. The van der Waals surface area contributed by atoms with Crippen LogP contribution in [0.5, 0.6) is 11.5 Å². The summed E-state index contributed by atoms with van der Waals surface area (Å²) in [6.45, 7) is 0.470. The molecule has 0 saturated carbocycles. The molecule has 2 rings (SSSR count). The normalized spacial score (nSPS) is 17.1. The van der Waals surface area contributed by atoms with Crippen molar-refractivity contribution in [2.45, 2.75) is 6.42 Å². The fourth-order valence-electron chi connectivity index (χ4n) is 1.72. The molecule has 0 aromatic heterocycles. The third kappa shape index (κ3) is 2.41. The van der Waals surface area contributed by atoms with Gasteiger partial charge in [-0.05, 0) is 23.8 Å². The average Bonchev–Trinajstić information content (AvgIpc) is 2.75. The zero-order chi connectivity index (χ0) is 12.3. The lowest BCUT2D eigenvalue weighted by atomic mass is 10.1. The summed E-state index contributed by atoms with van der Waals surface area (Å²) in [5.41, 5.74) is 1.59. The largest absolute Gasteiger partial charge is 0.493 e. The van der Waals surface area contributed by atoms with Crippen LogP contribution in [-0.4, -0.2) is 26.8 Å². The van der Waals surface area contributed by atoms with Crippen molar-refractivity contribution in [3.63, 3.8) is 0 Å². The van der Waals surface area contributed by atoms with Gasteiger partial charge < -0.3 is 14.2 Å². The van der Waals surface area contributed by atoms with Crippen LogP contribution < -0.4 is 9.47 Å². The van der Waals surface area contributed by atoms with Gasteiger partial charge in [0.25, 0.3) is 0 Å². The summed E-state index contributed by atoms with van der Waals surface area (Å²) >= 11 is 0. The van der Waals surface area contributed by atoms with Gasteiger partial charge in [-0.25, -0.2) is 4.79 Å². The quantitative estimate of drug-likeness (QED) is 0.593. The number of benzene rings is 1. The zero-order valence-electron chi connectivity index (χ0n) is 9.86. The molecule has 1 aliphatic heterocycles. The molecule has 1 fully saturated rings. The molecule has 90 valence electrons. The molecule has 0 radical (unpaired) electrons. The molecule has 0 bridgehead atoms. The number of hydrogen-bond donors (Lipinski definition) is 0. The molecule has 4 nitrogen and oxygen atoms in total. The van der Waals surface area contributed by atoms with Gasteiger partial charge in [0.2, 0.25) is 0 Å². The standard InChI is InChI=1S/C13H14O4/c1-15-11-4-3-9(8-12(11)16-2)7-10-5-6-17-13(10)14/h3-4,7-8H,5-6H2,1-2H3/b10-7+. The number of hydrogen-bond acceptors (Lipinski definition) is 4. The Morgan fingerprint density at radius 1 is 1.24 bits per heavy atom. The third-order valence-electron chi connectivity index (χ3n) is 2.62. The number of methoxy groups -OCH3 is 2. The van der Waals surface area contributed by atoms with Crippen LogP contribution in [0.25, 0.3) is 6.08 Å².